The van der Waals surface area contributed by atoms with Crippen molar-refractivity contribution in [3.63, 3.8) is 0 Å². The number of nitrogens with one attached hydrogen (secondary N) is 1. The number of alkyl halides is 1. The van der Waals surface area contributed by atoms with E-state index in [1.54, 1.807) is 0 Å². The van der Waals surface area contributed by atoms with Crippen molar-refractivity contribution in [2.75, 3.05) is 12.4 Å². The average molecular weight is 302 g/mol. The summed E-state index contributed by atoms with van der Waals surface area (Å²) in [5.41, 5.74) is 0.393. The van der Waals surface area contributed by atoms with Gasteiger partial charge >= 0.3 is 0 Å². The maximum Gasteiger partial charge on any atom is 0.223 e. The molecule has 1 aliphatic carbocycles. The Kier molecular flexibility index (Phi) is 7.94. The van der Waals surface area contributed by atoms with E-state index in [4.69, 9.17) is 11.6 Å². The lowest BCUT2D eigenvalue weighted by Crippen LogP contribution is -2.35. The fourth-order valence-corrected chi connectivity index (χ4v) is 3.34. The highest BCUT2D eigenvalue weighted by Gasteiger charge is 2.32. The number of carbonyl (C=O) groups is 1. The van der Waals surface area contributed by atoms with E-state index >= 15 is 0 Å². The summed E-state index contributed by atoms with van der Waals surface area (Å²) in [6, 6.07) is 0. The summed E-state index contributed by atoms with van der Waals surface area (Å²) in [5, 5.41) is 3.11. The highest BCUT2D eigenvalue weighted by atomic mass is 35.5. The summed E-state index contributed by atoms with van der Waals surface area (Å²) < 4.78 is 0. The van der Waals surface area contributed by atoms with Crippen molar-refractivity contribution in [2.45, 2.75) is 72.1 Å². The Bertz CT molecular complexity index is 277. The van der Waals surface area contributed by atoms with Gasteiger partial charge in [0.2, 0.25) is 5.91 Å². The molecule has 0 aliphatic heterocycles. The molecule has 3 heteroatoms. The summed E-state index contributed by atoms with van der Waals surface area (Å²) >= 11 is 5.64. The monoisotopic (exact) mass is 301 g/mol. The van der Waals surface area contributed by atoms with E-state index < -0.39 is 0 Å². The zero-order chi connectivity index (χ0) is 15.0. The van der Waals surface area contributed by atoms with Gasteiger partial charge in [-0.3, -0.25) is 4.79 Å². The molecule has 0 aromatic carbocycles. The smallest absolute Gasteiger partial charge is 0.223 e. The minimum Gasteiger partial charge on any atom is -0.356 e. The molecule has 0 aromatic rings. The van der Waals surface area contributed by atoms with Gasteiger partial charge in [0.05, 0.1) is 0 Å². The standard InChI is InChI=1S/C17H32ClNO/c1-17(2,3)15-10-8-14(9-11-15)16(20)19-13-7-5-4-6-12-18/h14-15H,4-13H2,1-3H3,(H,19,20). The maximum atomic E-state index is 12.1. The quantitative estimate of drug-likeness (QED) is 0.533. The van der Waals surface area contributed by atoms with Crippen LogP contribution in [0.15, 0.2) is 0 Å². The van der Waals surface area contributed by atoms with Gasteiger partial charge in [-0.25, -0.2) is 0 Å². The second-order valence-electron chi connectivity index (χ2n) is 7.31. The fraction of sp³-hybridized carbons (Fsp3) is 0.941. The normalized spacial score (nSPS) is 23.6. The van der Waals surface area contributed by atoms with Crippen LogP contribution in [0.2, 0.25) is 0 Å². The number of unbranched alkanes of at least 4 members (excludes halogenated alkanes) is 3. The lowest BCUT2D eigenvalue weighted by molar-refractivity contribution is -0.126. The van der Waals surface area contributed by atoms with Gasteiger partial charge in [-0.15, -0.1) is 11.6 Å². The second kappa shape index (κ2) is 8.92. The Labute approximate surface area is 130 Å². The Morgan fingerprint density at radius 3 is 2.20 bits per heavy atom. The molecule has 0 unspecified atom stereocenters. The van der Waals surface area contributed by atoms with Gasteiger partial charge < -0.3 is 5.32 Å². The largest absolute Gasteiger partial charge is 0.356 e. The number of hydrogen-bond donors (Lipinski definition) is 1. The van der Waals surface area contributed by atoms with Crippen molar-refractivity contribution in [2.24, 2.45) is 17.3 Å². The van der Waals surface area contributed by atoms with Gasteiger partial charge in [0.25, 0.3) is 0 Å². The topological polar surface area (TPSA) is 29.1 Å². The molecular weight excluding hydrogens is 270 g/mol. The van der Waals surface area contributed by atoms with Crippen LogP contribution in [0.5, 0.6) is 0 Å². The summed E-state index contributed by atoms with van der Waals surface area (Å²) in [7, 11) is 0. The molecule has 0 atom stereocenters. The maximum absolute atomic E-state index is 12.1. The van der Waals surface area contributed by atoms with Crippen molar-refractivity contribution in [1.29, 1.82) is 0 Å². The van der Waals surface area contributed by atoms with Crippen molar-refractivity contribution < 1.29 is 4.79 Å². The van der Waals surface area contributed by atoms with Crippen molar-refractivity contribution in [3.05, 3.63) is 0 Å². The van der Waals surface area contributed by atoms with Crippen LogP contribution in [-0.4, -0.2) is 18.3 Å². The number of halogens is 1. The first kappa shape index (κ1) is 17.8. The summed E-state index contributed by atoms with van der Waals surface area (Å²) in [5.74, 6) is 2.08. The highest BCUT2D eigenvalue weighted by molar-refractivity contribution is 6.17. The van der Waals surface area contributed by atoms with E-state index in [9.17, 15) is 4.79 Å². The number of carbonyl (C=O) groups excluding carboxylic acids is 1. The molecule has 2 nitrogen and oxygen atoms in total. The molecule has 0 radical (unpaired) electrons. The first-order valence-corrected chi connectivity index (χ1v) is 8.82. The molecule has 118 valence electrons. The van der Waals surface area contributed by atoms with Gasteiger partial charge in [0, 0.05) is 18.3 Å². The average Bonchev–Trinajstić information content (AvgIpc) is 2.41. The van der Waals surface area contributed by atoms with Crippen LogP contribution in [-0.2, 0) is 4.79 Å². The number of amides is 1. The SMILES string of the molecule is CC(C)(C)C1CCC(C(=O)NCCCCCCCl)CC1. The second-order valence-corrected chi connectivity index (χ2v) is 7.69. The molecule has 1 fully saturated rings. The van der Waals surface area contributed by atoms with Crippen LogP contribution in [0, 0.1) is 17.3 Å². The molecule has 1 N–H and O–H groups in total. The van der Waals surface area contributed by atoms with E-state index in [2.05, 4.69) is 26.1 Å². The van der Waals surface area contributed by atoms with Crippen molar-refractivity contribution >= 4 is 17.5 Å². The van der Waals surface area contributed by atoms with Gasteiger partial charge in [0.1, 0.15) is 0 Å². The third-order valence-corrected chi connectivity index (χ3v) is 4.95. The lowest BCUT2D eigenvalue weighted by Gasteiger charge is -2.36. The molecule has 0 saturated heterocycles. The van der Waals surface area contributed by atoms with Crippen LogP contribution in [0.3, 0.4) is 0 Å². The van der Waals surface area contributed by atoms with Crippen molar-refractivity contribution in [1.82, 2.24) is 5.32 Å². The molecular formula is C17H32ClNO. The molecule has 20 heavy (non-hydrogen) atoms. The van der Waals surface area contributed by atoms with E-state index in [-0.39, 0.29) is 11.8 Å². The van der Waals surface area contributed by atoms with Crippen LogP contribution < -0.4 is 5.32 Å². The zero-order valence-corrected chi connectivity index (χ0v) is 14.3. The first-order valence-electron chi connectivity index (χ1n) is 8.29. The zero-order valence-electron chi connectivity index (χ0n) is 13.5. The molecule has 1 aliphatic rings. The molecule has 0 bridgehead atoms. The van der Waals surface area contributed by atoms with E-state index in [1.807, 2.05) is 0 Å². The predicted molar refractivity (Wildman–Crippen MR) is 87.1 cm³/mol. The summed E-state index contributed by atoms with van der Waals surface area (Å²) in [6.45, 7) is 7.79. The molecule has 0 spiro atoms. The van der Waals surface area contributed by atoms with Crippen LogP contribution in [0.1, 0.15) is 72.1 Å². The van der Waals surface area contributed by atoms with Gasteiger partial charge in [0.15, 0.2) is 0 Å². The molecule has 0 heterocycles. The Hall–Kier alpha value is -0.240. The van der Waals surface area contributed by atoms with Gasteiger partial charge in [-0.05, 0) is 49.9 Å². The van der Waals surface area contributed by atoms with Gasteiger partial charge in [-0.1, -0.05) is 33.6 Å². The lowest BCUT2D eigenvalue weighted by atomic mass is 9.69. The summed E-state index contributed by atoms with van der Waals surface area (Å²) in [4.78, 5) is 12.1. The van der Waals surface area contributed by atoms with E-state index in [1.165, 1.54) is 25.7 Å². The molecule has 0 aromatic heterocycles. The molecule has 1 amide bonds. The Morgan fingerprint density at radius 1 is 1.05 bits per heavy atom. The van der Waals surface area contributed by atoms with Gasteiger partial charge in [-0.2, -0.15) is 0 Å². The fourth-order valence-electron chi connectivity index (χ4n) is 3.15. The minimum absolute atomic E-state index is 0.261. The molecule has 1 saturated carbocycles. The third-order valence-electron chi connectivity index (χ3n) is 4.68. The van der Waals surface area contributed by atoms with E-state index in [0.29, 0.717) is 5.41 Å². The highest BCUT2D eigenvalue weighted by Crippen LogP contribution is 2.39. The summed E-state index contributed by atoms with van der Waals surface area (Å²) in [6.07, 6.45) is 9.07. The molecule has 1 rings (SSSR count). The van der Waals surface area contributed by atoms with Crippen LogP contribution in [0.25, 0.3) is 0 Å². The van der Waals surface area contributed by atoms with Crippen LogP contribution >= 0.6 is 11.6 Å². The minimum atomic E-state index is 0.261. The predicted octanol–water partition coefficient (Wildman–Crippen LogP) is 4.75. The number of rotatable bonds is 7. The van der Waals surface area contributed by atoms with Crippen LogP contribution in [0.4, 0.5) is 0 Å². The Balaban J connectivity index is 2.13. The number of hydrogen-bond acceptors (Lipinski definition) is 1. The van der Waals surface area contributed by atoms with E-state index in [0.717, 1.165) is 44.0 Å². The first-order chi connectivity index (χ1) is 9.45. The Morgan fingerprint density at radius 2 is 1.65 bits per heavy atom. The van der Waals surface area contributed by atoms with Crippen molar-refractivity contribution in [3.8, 4) is 0 Å². The third kappa shape index (κ3) is 6.47.